The molecular formula is C14H26N2O4. The zero-order chi connectivity index (χ0) is 15.1. The first kappa shape index (κ1) is 17.2. The molecule has 0 aliphatic carbocycles. The van der Waals surface area contributed by atoms with Crippen LogP contribution in [0.15, 0.2) is 0 Å². The number of ether oxygens (including phenoxy) is 2. The Morgan fingerprint density at radius 3 is 1.35 bits per heavy atom. The molecule has 0 bridgehead atoms. The van der Waals surface area contributed by atoms with Crippen LogP contribution in [0, 0.1) is 0 Å². The number of carbonyl (C=O) groups excluding carboxylic acids is 2. The lowest BCUT2D eigenvalue weighted by Crippen LogP contribution is -2.28. The number of hydrogen-bond acceptors (Lipinski definition) is 6. The van der Waals surface area contributed by atoms with E-state index >= 15 is 0 Å². The zero-order valence-electron chi connectivity index (χ0n) is 12.8. The van der Waals surface area contributed by atoms with E-state index in [1.165, 1.54) is 0 Å². The van der Waals surface area contributed by atoms with Gasteiger partial charge in [-0.3, -0.25) is 9.59 Å². The van der Waals surface area contributed by atoms with Crippen LogP contribution >= 0.6 is 0 Å². The van der Waals surface area contributed by atoms with Crippen LogP contribution in [0.5, 0.6) is 0 Å². The van der Waals surface area contributed by atoms with Gasteiger partial charge in [0.1, 0.15) is 11.6 Å². The van der Waals surface area contributed by atoms with Crippen LogP contribution in [0.4, 0.5) is 0 Å². The molecule has 0 amide bonds. The molecule has 2 rings (SSSR count). The minimum Gasteiger partial charge on any atom is -0.380 e. The predicted molar refractivity (Wildman–Crippen MR) is 75.8 cm³/mol. The molecule has 20 heavy (non-hydrogen) atoms. The van der Waals surface area contributed by atoms with Gasteiger partial charge in [0, 0.05) is 27.3 Å². The van der Waals surface area contributed by atoms with E-state index in [1.807, 2.05) is 0 Å². The quantitative estimate of drug-likeness (QED) is 0.752. The lowest BCUT2D eigenvalue weighted by molar-refractivity contribution is -0.119. The first-order valence-corrected chi connectivity index (χ1v) is 7.01. The first-order chi connectivity index (χ1) is 9.47. The van der Waals surface area contributed by atoms with Gasteiger partial charge < -0.3 is 20.1 Å². The average molecular weight is 286 g/mol. The minimum atomic E-state index is 0.0324. The molecule has 4 atom stereocenters. The molecule has 0 aromatic carbocycles. The summed E-state index contributed by atoms with van der Waals surface area (Å²) in [5.74, 6) is 0.416. The molecule has 6 heteroatoms. The second-order valence-electron chi connectivity index (χ2n) is 5.33. The van der Waals surface area contributed by atoms with Gasteiger partial charge >= 0.3 is 0 Å². The maximum absolute atomic E-state index is 10.8. The van der Waals surface area contributed by atoms with Gasteiger partial charge in [0.2, 0.25) is 0 Å². The fraction of sp³-hybridized carbons (Fsp3) is 0.857. The van der Waals surface area contributed by atoms with Crippen LogP contribution in [-0.4, -0.2) is 63.2 Å². The van der Waals surface area contributed by atoms with Gasteiger partial charge in [-0.15, -0.1) is 0 Å². The van der Waals surface area contributed by atoms with E-state index in [9.17, 15) is 9.59 Å². The van der Waals surface area contributed by atoms with Gasteiger partial charge in [-0.05, 0) is 26.7 Å². The highest BCUT2D eigenvalue weighted by Crippen LogP contribution is 2.10. The lowest BCUT2D eigenvalue weighted by atomic mass is 10.1. The van der Waals surface area contributed by atoms with Crippen LogP contribution in [0.25, 0.3) is 0 Å². The van der Waals surface area contributed by atoms with Gasteiger partial charge in [0.15, 0.2) is 0 Å². The summed E-state index contributed by atoms with van der Waals surface area (Å²) in [6.07, 6.45) is 2.11. The topological polar surface area (TPSA) is 76.7 Å². The monoisotopic (exact) mass is 286 g/mol. The molecule has 2 N–H and O–H groups in total. The van der Waals surface area contributed by atoms with Crippen molar-refractivity contribution in [1.29, 1.82) is 0 Å². The van der Waals surface area contributed by atoms with E-state index in [4.69, 9.17) is 9.47 Å². The first-order valence-electron chi connectivity index (χ1n) is 7.01. The third-order valence-electron chi connectivity index (χ3n) is 3.83. The number of Topliss-reactive ketones (excluding diaryl/α,β-unsaturated/α-hetero) is 2. The van der Waals surface area contributed by atoms with Crippen LogP contribution < -0.4 is 10.6 Å². The van der Waals surface area contributed by atoms with E-state index in [-0.39, 0.29) is 35.9 Å². The normalized spacial score (nSPS) is 32.6. The van der Waals surface area contributed by atoms with E-state index in [0.717, 1.165) is 25.9 Å². The van der Waals surface area contributed by atoms with Crippen molar-refractivity contribution in [2.24, 2.45) is 0 Å². The van der Waals surface area contributed by atoms with Gasteiger partial charge in [-0.2, -0.15) is 0 Å². The summed E-state index contributed by atoms with van der Waals surface area (Å²) in [6, 6.07) is 0.0647. The summed E-state index contributed by atoms with van der Waals surface area (Å²) in [6.45, 7) is 4.83. The molecule has 2 unspecified atom stereocenters. The molecule has 0 radical (unpaired) electrons. The number of nitrogens with one attached hydrogen (secondary N) is 2. The number of ketones is 2. The van der Waals surface area contributed by atoms with Crippen molar-refractivity contribution in [3.8, 4) is 0 Å². The van der Waals surface area contributed by atoms with Gasteiger partial charge in [0.05, 0.1) is 24.3 Å². The summed E-state index contributed by atoms with van der Waals surface area (Å²) in [4.78, 5) is 21.6. The molecule has 0 aromatic rings. The molecule has 2 fully saturated rings. The molecule has 2 saturated heterocycles. The molecular weight excluding hydrogens is 260 g/mol. The molecule has 0 spiro atoms. The predicted octanol–water partition coefficient (Wildman–Crippen LogP) is -0.0954. The van der Waals surface area contributed by atoms with Crippen molar-refractivity contribution in [2.45, 2.75) is 51.0 Å². The van der Waals surface area contributed by atoms with Gasteiger partial charge in [-0.25, -0.2) is 0 Å². The Morgan fingerprint density at radius 2 is 1.20 bits per heavy atom. The van der Waals surface area contributed by atoms with Crippen LogP contribution in [0.3, 0.4) is 0 Å². The highest BCUT2D eigenvalue weighted by Gasteiger charge is 2.27. The number of methoxy groups -OCH3 is 2. The zero-order valence-corrected chi connectivity index (χ0v) is 12.8. The summed E-state index contributed by atoms with van der Waals surface area (Å²) in [5, 5.41) is 6.16. The van der Waals surface area contributed by atoms with Gasteiger partial charge in [-0.1, -0.05) is 0 Å². The Hall–Kier alpha value is -0.820. The largest absolute Gasteiger partial charge is 0.380 e. The summed E-state index contributed by atoms with van der Waals surface area (Å²) in [5.41, 5.74) is 0. The minimum absolute atomic E-state index is 0.0324. The van der Waals surface area contributed by atoms with Crippen molar-refractivity contribution in [3.63, 3.8) is 0 Å². The Kier molecular flexibility index (Phi) is 7.29. The van der Waals surface area contributed by atoms with Crippen molar-refractivity contribution >= 4 is 11.6 Å². The fourth-order valence-electron chi connectivity index (χ4n) is 2.39. The van der Waals surface area contributed by atoms with E-state index in [1.54, 1.807) is 28.1 Å². The van der Waals surface area contributed by atoms with Crippen molar-refractivity contribution < 1.29 is 19.1 Å². The van der Waals surface area contributed by atoms with Crippen molar-refractivity contribution in [2.75, 3.05) is 27.3 Å². The SMILES string of the molecule is COC1CN[C@@H](C(C)=O)C1.COC1CN[C@H](C(C)=O)C1. The molecule has 2 heterocycles. The van der Waals surface area contributed by atoms with E-state index < -0.39 is 0 Å². The summed E-state index contributed by atoms with van der Waals surface area (Å²) in [7, 11) is 3.35. The maximum atomic E-state index is 10.8. The van der Waals surface area contributed by atoms with Crippen molar-refractivity contribution in [3.05, 3.63) is 0 Å². The Balaban J connectivity index is 0.000000200. The number of hydrogen-bond donors (Lipinski definition) is 2. The second-order valence-corrected chi connectivity index (χ2v) is 5.33. The third-order valence-corrected chi connectivity index (χ3v) is 3.83. The standard InChI is InChI=1S/2C7H13NO2/c2*1-5(9)7-3-6(10-2)4-8-7/h2*6-8H,3-4H2,1-2H3/t2*6?,7-/m10/s1. The smallest absolute Gasteiger partial charge is 0.146 e. The highest BCUT2D eigenvalue weighted by molar-refractivity contribution is 5.82. The number of rotatable bonds is 4. The highest BCUT2D eigenvalue weighted by atomic mass is 16.5. The fourth-order valence-corrected chi connectivity index (χ4v) is 2.39. The second kappa shape index (κ2) is 8.46. The van der Waals surface area contributed by atoms with Crippen LogP contribution in [0.1, 0.15) is 26.7 Å². The molecule has 2 aliphatic rings. The summed E-state index contributed by atoms with van der Waals surface area (Å²) >= 11 is 0. The van der Waals surface area contributed by atoms with E-state index in [0.29, 0.717) is 0 Å². The molecule has 0 aromatic heterocycles. The van der Waals surface area contributed by atoms with E-state index in [2.05, 4.69) is 10.6 Å². The van der Waals surface area contributed by atoms with Gasteiger partial charge in [0.25, 0.3) is 0 Å². The maximum Gasteiger partial charge on any atom is 0.146 e. The molecule has 116 valence electrons. The van der Waals surface area contributed by atoms with Crippen molar-refractivity contribution in [1.82, 2.24) is 10.6 Å². The average Bonchev–Trinajstić information content (AvgIpc) is 3.08. The number of carbonyl (C=O) groups is 2. The lowest BCUT2D eigenvalue weighted by Gasteiger charge is -2.04. The molecule has 2 aliphatic heterocycles. The third kappa shape index (κ3) is 5.28. The van der Waals surface area contributed by atoms with Crippen LogP contribution in [0.2, 0.25) is 0 Å². The Morgan fingerprint density at radius 1 is 0.850 bits per heavy atom. The van der Waals surface area contributed by atoms with Crippen LogP contribution in [-0.2, 0) is 19.1 Å². The Labute approximate surface area is 120 Å². The molecule has 0 saturated carbocycles. The summed E-state index contributed by atoms with van der Waals surface area (Å²) < 4.78 is 10.2. The molecule has 6 nitrogen and oxygen atoms in total. The Bertz CT molecular complexity index is 303.